The predicted octanol–water partition coefficient (Wildman–Crippen LogP) is 1.81. The van der Waals surface area contributed by atoms with Crippen molar-refractivity contribution in [2.24, 2.45) is 0 Å². The maximum absolute atomic E-state index is 10.9. The van der Waals surface area contributed by atoms with Gasteiger partial charge in [0.1, 0.15) is 11.9 Å². The Kier molecular flexibility index (Phi) is 3.50. The van der Waals surface area contributed by atoms with Crippen LogP contribution in [0.25, 0.3) is 0 Å². The van der Waals surface area contributed by atoms with Crippen LogP contribution in [0.5, 0.6) is 5.75 Å². The maximum atomic E-state index is 10.9. The zero-order chi connectivity index (χ0) is 13.1. The minimum Gasteiger partial charge on any atom is -0.490 e. The summed E-state index contributed by atoms with van der Waals surface area (Å²) >= 11 is 0. The van der Waals surface area contributed by atoms with E-state index in [1.54, 1.807) is 12.1 Å². The lowest BCUT2D eigenvalue weighted by Gasteiger charge is -2.25. The standard InChI is InChI=1S/C13H15NO4/c1-8(15)14-10-3-5-12-9(6-10)2-4-11(18-12)7-13(16)17/h3,5-6,11H,2,4,7H2,1H3,(H,14,15)(H,16,17)/t11-/m1/s1. The monoisotopic (exact) mass is 249 g/mol. The number of anilines is 1. The molecule has 1 aliphatic rings. The van der Waals surface area contributed by atoms with E-state index in [0.29, 0.717) is 12.2 Å². The number of aliphatic carboxylic acids is 1. The Morgan fingerprint density at radius 1 is 1.50 bits per heavy atom. The molecule has 0 aromatic heterocycles. The van der Waals surface area contributed by atoms with Crippen LogP contribution >= 0.6 is 0 Å². The molecule has 5 heteroatoms. The number of carbonyl (C=O) groups excluding carboxylic acids is 1. The zero-order valence-electron chi connectivity index (χ0n) is 10.1. The number of carbonyl (C=O) groups is 2. The Morgan fingerprint density at radius 2 is 2.28 bits per heavy atom. The lowest BCUT2D eigenvalue weighted by atomic mass is 10.00. The van der Waals surface area contributed by atoms with E-state index >= 15 is 0 Å². The molecule has 0 spiro atoms. The quantitative estimate of drug-likeness (QED) is 0.856. The molecule has 0 saturated heterocycles. The molecule has 0 radical (unpaired) electrons. The summed E-state index contributed by atoms with van der Waals surface area (Å²) in [5.74, 6) is -0.254. The van der Waals surface area contributed by atoms with Crippen LogP contribution in [0, 0.1) is 0 Å². The van der Waals surface area contributed by atoms with Crippen molar-refractivity contribution >= 4 is 17.6 Å². The van der Waals surface area contributed by atoms with Crippen LogP contribution in [0.1, 0.15) is 25.3 Å². The van der Waals surface area contributed by atoms with Crippen molar-refractivity contribution in [3.63, 3.8) is 0 Å². The average Bonchev–Trinajstić information content (AvgIpc) is 2.27. The van der Waals surface area contributed by atoms with Gasteiger partial charge in [0, 0.05) is 12.6 Å². The van der Waals surface area contributed by atoms with E-state index < -0.39 is 5.97 Å². The highest BCUT2D eigenvalue weighted by atomic mass is 16.5. The summed E-state index contributed by atoms with van der Waals surface area (Å²) in [6.45, 7) is 1.46. The molecule has 5 nitrogen and oxygen atoms in total. The molecule has 1 atom stereocenters. The molecule has 96 valence electrons. The molecule has 0 fully saturated rings. The lowest BCUT2D eigenvalue weighted by molar-refractivity contribution is -0.139. The van der Waals surface area contributed by atoms with E-state index in [4.69, 9.17) is 9.84 Å². The minimum atomic E-state index is -0.849. The number of carboxylic acids is 1. The van der Waals surface area contributed by atoms with Gasteiger partial charge in [-0.3, -0.25) is 9.59 Å². The van der Waals surface area contributed by atoms with Gasteiger partial charge in [0.25, 0.3) is 0 Å². The average molecular weight is 249 g/mol. The Hall–Kier alpha value is -2.04. The second kappa shape index (κ2) is 5.08. The number of rotatable bonds is 3. The number of aryl methyl sites for hydroxylation is 1. The van der Waals surface area contributed by atoms with Gasteiger partial charge in [-0.1, -0.05) is 0 Å². The molecule has 2 N–H and O–H groups in total. The van der Waals surface area contributed by atoms with Gasteiger partial charge in [-0.15, -0.1) is 0 Å². The highest BCUT2D eigenvalue weighted by Gasteiger charge is 2.22. The highest BCUT2D eigenvalue weighted by Crippen LogP contribution is 2.30. The molecule has 0 bridgehead atoms. The fraction of sp³-hybridized carbons (Fsp3) is 0.385. The Bertz CT molecular complexity index is 484. The zero-order valence-corrected chi connectivity index (χ0v) is 10.1. The van der Waals surface area contributed by atoms with E-state index in [1.807, 2.05) is 6.07 Å². The third kappa shape index (κ3) is 3.00. The van der Waals surface area contributed by atoms with Gasteiger partial charge < -0.3 is 15.2 Å². The molecule has 0 unspecified atom stereocenters. The van der Waals surface area contributed by atoms with Gasteiger partial charge in [-0.2, -0.15) is 0 Å². The van der Waals surface area contributed by atoms with Gasteiger partial charge in [0.05, 0.1) is 6.42 Å². The van der Waals surface area contributed by atoms with Crippen molar-refractivity contribution in [1.29, 1.82) is 0 Å². The van der Waals surface area contributed by atoms with Crippen LogP contribution < -0.4 is 10.1 Å². The number of amides is 1. The van der Waals surface area contributed by atoms with Crippen molar-refractivity contribution in [2.45, 2.75) is 32.3 Å². The predicted molar refractivity (Wildman–Crippen MR) is 65.7 cm³/mol. The highest BCUT2D eigenvalue weighted by molar-refractivity contribution is 5.88. The minimum absolute atomic E-state index is 0.0207. The van der Waals surface area contributed by atoms with E-state index in [0.717, 1.165) is 17.7 Å². The fourth-order valence-corrected chi connectivity index (χ4v) is 2.06. The molecule has 2 rings (SSSR count). The molecule has 1 aromatic rings. The number of benzene rings is 1. The summed E-state index contributed by atoms with van der Waals surface area (Å²) < 4.78 is 5.61. The summed E-state index contributed by atoms with van der Waals surface area (Å²) in [5.41, 5.74) is 1.74. The van der Waals surface area contributed by atoms with Crippen molar-refractivity contribution < 1.29 is 19.4 Å². The third-order valence-corrected chi connectivity index (χ3v) is 2.81. The van der Waals surface area contributed by atoms with Gasteiger partial charge in [-0.25, -0.2) is 0 Å². The molecule has 1 aromatic carbocycles. The van der Waals surface area contributed by atoms with E-state index in [1.165, 1.54) is 6.92 Å². The molecule has 18 heavy (non-hydrogen) atoms. The number of ether oxygens (including phenoxy) is 1. The third-order valence-electron chi connectivity index (χ3n) is 2.81. The van der Waals surface area contributed by atoms with Crippen LogP contribution in [0.3, 0.4) is 0 Å². The van der Waals surface area contributed by atoms with E-state index in [2.05, 4.69) is 5.32 Å². The lowest BCUT2D eigenvalue weighted by Crippen LogP contribution is -2.25. The van der Waals surface area contributed by atoms with Crippen LogP contribution in [0.4, 0.5) is 5.69 Å². The van der Waals surface area contributed by atoms with E-state index in [-0.39, 0.29) is 18.4 Å². The first-order valence-corrected chi connectivity index (χ1v) is 5.83. The first-order chi connectivity index (χ1) is 8.54. The molecule has 0 saturated carbocycles. The van der Waals surface area contributed by atoms with E-state index in [9.17, 15) is 9.59 Å². The number of carboxylic acid groups (broad SMARTS) is 1. The SMILES string of the molecule is CC(=O)Nc1ccc2c(c1)CC[C@H](CC(=O)O)O2. The van der Waals surface area contributed by atoms with Crippen molar-refractivity contribution in [2.75, 3.05) is 5.32 Å². The first kappa shape index (κ1) is 12.4. The number of hydrogen-bond donors (Lipinski definition) is 2. The fourth-order valence-electron chi connectivity index (χ4n) is 2.06. The Morgan fingerprint density at radius 3 is 2.94 bits per heavy atom. The van der Waals surface area contributed by atoms with Crippen LogP contribution in [0.15, 0.2) is 18.2 Å². The van der Waals surface area contributed by atoms with Gasteiger partial charge in [0.2, 0.25) is 5.91 Å². The smallest absolute Gasteiger partial charge is 0.307 e. The normalized spacial score (nSPS) is 17.5. The molecule has 1 aliphatic heterocycles. The molecular formula is C13H15NO4. The number of nitrogens with one attached hydrogen (secondary N) is 1. The van der Waals surface area contributed by atoms with Gasteiger partial charge >= 0.3 is 5.97 Å². The summed E-state index contributed by atoms with van der Waals surface area (Å²) in [7, 11) is 0. The maximum Gasteiger partial charge on any atom is 0.307 e. The summed E-state index contributed by atoms with van der Waals surface area (Å²) in [4.78, 5) is 21.6. The van der Waals surface area contributed by atoms with Gasteiger partial charge in [0.15, 0.2) is 0 Å². The summed E-state index contributed by atoms with van der Waals surface area (Å²) in [6.07, 6.45) is 1.21. The number of fused-ring (bicyclic) bond motifs is 1. The first-order valence-electron chi connectivity index (χ1n) is 5.83. The van der Waals surface area contributed by atoms with Crippen molar-refractivity contribution in [3.8, 4) is 5.75 Å². The second-order valence-electron chi connectivity index (χ2n) is 4.38. The molecular weight excluding hydrogens is 234 g/mol. The molecule has 1 amide bonds. The summed E-state index contributed by atoms with van der Waals surface area (Å²) in [6, 6.07) is 5.39. The topological polar surface area (TPSA) is 75.6 Å². The van der Waals surface area contributed by atoms with Gasteiger partial charge in [-0.05, 0) is 36.6 Å². The molecule has 1 heterocycles. The molecule has 0 aliphatic carbocycles. The van der Waals surface area contributed by atoms with Crippen LogP contribution in [0.2, 0.25) is 0 Å². The van der Waals surface area contributed by atoms with Crippen molar-refractivity contribution in [3.05, 3.63) is 23.8 Å². The van der Waals surface area contributed by atoms with Crippen LogP contribution in [-0.2, 0) is 16.0 Å². The number of hydrogen-bond acceptors (Lipinski definition) is 3. The van der Waals surface area contributed by atoms with Crippen molar-refractivity contribution in [1.82, 2.24) is 0 Å². The Balaban J connectivity index is 2.10. The Labute approximate surface area is 105 Å². The largest absolute Gasteiger partial charge is 0.490 e. The summed E-state index contributed by atoms with van der Waals surface area (Å²) in [5, 5.41) is 11.4. The second-order valence-corrected chi connectivity index (χ2v) is 4.38. The van der Waals surface area contributed by atoms with Crippen LogP contribution in [-0.4, -0.2) is 23.1 Å².